The number of ketones is 3. The van der Waals surface area contributed by atoms with E-state index in [1.165, 1.54) is 26.2 Å². The van der Waals surface area contributed by atoms with Crippen molar-refractivity contribution in [3.63, 3.8) is 0 Å². The summed E-state index contributed by atoms with van der Waals surface area (Å²) in [5.74, 6) is -15.8. The van der Waals surface area contributed by atoms with E-state index in [4.69, 9.17) is 42.6 Å². The Kier molecular flexibility index (Phi) is 46.7. The Morgan fingerprint density at radius 3 is 0.865 bits per heavy atom. The van der Waals surface area contributed by atoms with Crippen molar-refractivity contribution in [2.24, 2.45) is 11.8 Å². The number of hydrogen-bond acceptors (Lipinski definition) is 25. The molecule has 0 saturated heterocycles. The van der Waals surface area contributed by atoms with E-state index in [9.17, 15) is 48.3 Å². The van der Waals surface area contributed by atoms with Crippen LogP contribution in [0.2, 0.25) is 0 Å². The van der Waals surface area contributed by atoms with Crippen LogP contribution in [-0.2, 0) is 167 Å². The molecule has 6 amide bonds. The van der Waals surface area contributed by atoms with E-state index in [2.05, 4.69) is 31.9 Å². The van der Waals surface area contributed by atoms with Gasteiger partial charge in [-0.15, -0.1) is 0 Å². The van der Waals surface area contributed by atoms with Crippen molar-refractivity contribution in [3.8, 4) is 5.75 Å². The second-order valence-electron chi connectivity index (χ2n) is 31.8. The molecule has 0 unspecified atom stereocenters. The molecule has 8 aromatic carbocycles. The smallest absolute Gasteiger partial charge is 0.306 e. The third-order valence-corrected chi connectivity index (χ3v) is 21.2. The lowest BCUT2D eigenvalue weighted by atomic mass is 9.89. The molecule has 7 N–H and O–H groups in total. The van der Waals surface area contributed by atoms with Gasteiger partial charge >= 0.3 is 35.8 Å². The fraction of sp³-hybridized carbons (Fsp3) is 0.382. The molecule has 31 heteroatoms. The summed E-state index contributed by atoms with van der Waals surface area (Å²) in [7, 11) is 1.53. The van der Waals surface area contributed by atoms with E-state index in [-0.39, 0.29) is 110 Å². The summed E-state index contributed by atoms with van der Waals surface area (Å²) in [6.07, 6.45) is -7.63. The summed E-state index contributed by atoms with van der Waals surface area (Å²) in [4.78, 5) is 218. The molecule has 0 heterocycles. The molecule has 0 aliphatic rings. The van der Waals surface area contributed by atoms with Crippen LogP contribution >= 0.6 is 0 Å². The normalized spacial score (nSPS) is 12.7. The summed E-state index contributed by atoms with van der Waals surface area (Å²) in [6, 6.07) is 56.0. The van der Waals surface area contributed by atoms with E-state index >= 15 is 28.8 Å². The Morgan fingerprint density at radius 2 is 0.534 bits per heavy atom. The van der Waals surface area contributed by atoms with Gasteiger partial charge in [-0.3, -0.25) is 67.1 Å². The average molecular weight is 1830 g/mol. The van der Waals surface area contributed by atoms with Gasteiger partial charge in [-0.1, -0.05) is 224 Å². The lowest BCUT2D eigenvalue weighted by Crippen LogP contribution is -2.59. The van der Waals surface area contributed by atoms with Gasteiger partial charge in [-0.05, 0) is 121 Å². The predicted octanol–water partition coefficient (Wildman–Crippen LogP) is 10.4. The molecule has 0 radical (unpaired) electrons. The van der Waals surface area contributed by atoms with Gasteiger partial charge in [0.1, 0.15) is 75.3 Å². The number of esters is 6. The van der Waals surface area contributed by atoms with Gasteiger partial charge in [-0.2, -0.15) is 0 Å². The molecule has 8 aromatic rings. The van der Waals surface area contributed by atoms with Crippen LogP contribution in [0.1, 0.15) is 154 Å². The van der Waals surface area contributed by atoms with E-state index in [1.54, 1.807) is 224 Å². The fourth-order valence-electron chi connectivity index (χ4n) is 13.8. The van der Waals surface area contributed by atoms with Crippen LogP contribution in [0.25, 0.3) is 0 Å². The highest BCUT2D eigenvalue weighted by Crippen LogP contribution is 2.23. The number of rotatable bonds is 62. The van der Waals surface area contributed by atoms with Crippen LogP contribution in [0.15, 0.2) is 237 Å². The third kappa shape index (κ3) is 41.8. The number of methoxy groups -OCH3 is 1. The van der Waals surface area contributed by atoms with E-state index in [0.29, 0.717) is 57.7 Å². The van der Waals surface area contributed by atoms with Gasteiger partial charge in [-0.25, -0.2) is 0 Å². The van der Waals surface area contributed by atoms with Crippen LogP contribution in [0, 0.1) is 11.8 Å². The Balaban J connectivity index is 1.14. The molecule has 0 spiro atoms. The van der Waals surface area contributed by atoms with E-state index in [0.717, 1.165) is 0 Å². The summed E-state index contributed by atoms with van der Waals surface area (Å²) in [6.45, 7) is 1.30. The number of amides is 6. The molecular weight excluding hydrogens is 1710 g/mol. The molecule has 8 rings (SSSR count). The van der Waals surface area contributed by atoms with Crippen molar-refractivity contribution in [2.75, 3.05) is 40.1 Å². The largest absolute Gasteiger partial charge is 0.508 e. The topological polar surface area (TPSA) is 432 Å². The standard InChI is InChI=1S/C102H118N6O25/c1-71(109)61-81(62-73-40-43-82(110)44-41-73)98(120)108-88(63-72-25-10-3-11-26-72)90(112)64-80(42-50-91(113)128-65-74-27-12-4-13-28-74)97(119)104-84(46-52-93(115)130-67-76-31-16-6-17-32-76)100(122)106-86(48-54-95(117)132-69-78-35-20-8-21-36-78)102(124)107-87(49-55-96(118)133-70-79-37-22-9-23-38-79)101(123)105-85(47-53-94(116)131-68-77-33-18-7-19-34-77)99(121)103-83(45-51-92(114)129-66-75-29-14-5-15-30-75)89(111)39-24-56-126-59-60-127-58-57-125-2/h3-23,25-38,40-41,43-44,80-81,83-88,110H,24,39,42,45-70H2,1-2H3,(H,103,121)(H,104,119)(H,105,123)(H,106,122)(H,107,124)(H,108,120)/t80-,81+,83-,84-,85-,86-,87-,88-/m1/s1. The molecular formula is C102H118N6O25. The SMILES string of the molecule is COCCOCCOCCCC(=O)[C@@H](CCC(=O)OCc1ccccc1)NC(=O)[C@@H](CCC(=O)OCc1ccccc1)NC(=O)[C@@H](CCC(=O)OCc1ccccc1)NC(=O)[C@@H](CCC(=O)OCc1ccccc1)NC(=O)[C@@H](CCC(=O)OCc1ccccc1)NC(=O)[C@H](CCC(=O)OCc1ccccc1)CC(=O)[C@@H](Cc1ccccc1)NC(=O)[C@@H](CC(C)=O)Cc1ccc(O)cc1. The minimum Gasteiger partial charge on any atom is -0.508 e. The molecule has 0 bridgehead atoms. The molecule has 133 heavy (non-hydrogen) atoms. The highest BCUT2D eigenvalue weighted by Gasteiger charge is 2.37. The van der Waals surface area contributed by atoms with Crippen LogP contribution < -0.4 is 31.9 Å². The zero-order valence-electron chi connectivity index (χ0n) is 74.9. The summed E-state index contributed by atoms with van der Waals surface area (Å²) >= 11 is 0. The van der Waals surface area contributed by atoms with Crippen LogP contribution in [0.4, 0.5) is 0 Å². The first-order chi connectivity index (χ1) is 64.4. The number of aromatic hydroxyl groups is 1. The van der Waals surface area contributed by atoms with Gasteiger partial charge in [0, 0.05) is 83.3 Å². The molecule has 0 aliphatic heterocycles. The molecule has 706 valence electrons. The fourth-order valence-corrected chi connectivity index (χ4v) is 13.8. The zero-order chi connectivity index (χ0) is 95.2. The highest BCUT2D eigenvalue weighted by molar-refractivity contribution is 5.99. The van der Waals surface area contributed by atoms with Crippen LogP contribution in [0.5, 0.6) is 5.75 Å². The van der Waals surface area contributed by atoms with Gasteiger partial charge in [0.05, 0.1) is 38.5 Å². The Morgan fingerprint density at radius 1 is 0.263 bits per heavy atom. The van der Waals surface area contributed by atoms with Crippen molar-refractivity contribution >= 4 is 88.6 Å². The lowest BCUT2D eigenvalue weighted by molar-refractivity contribution is -0.147. The first-order valence-corrected chi connectivity index (χ1v) is 44.4. The van der Waals surface area contributed by atoms with Crippen LogP contribution in [0.3, 0.4) is 0 Å². The quantitative estimate of drug-likeness (QED) is 0.0106. The number of carbonyl (C=O) groups excluding carboxylic acids is 15. The molecule has 0 fully saturated rings. The second-order valence-corrected chi connectivity index (χ2v) is 31.8. The monoisotopic (exact) mass is 1830 g/mol. The predicted molar refractivity (Wildman–Crippen MR) is 486 cm³/mol. The Bertz CT molecular complexity index is 4980. The number of hydrogen-bond donors (Lipinski definition) is 7. The van der Waals surface area contributed by atoms with Crippen molar-refractivity contribution < 1.29 is 120 Å². The first kappa shape index (κ1) is 104. The van der Waals surface area contributed by atoms with E-state index < -0.39 is 208 Å². The Hall–Kier alpha value is -13.9. The number of phenolic OH excluding ortho intramolecular Hbond substituents is 1. The lowest BCUT2D eigenvalue weighted by Gasteiger charge is -2.28. The highest BCUT2D eigenvalue weighted by atomic mass is 16.6. The number of ether oxygens (including phenoxy) is 9. The van der Waals surface area contributed by atoms with Gasteiger partial charge in [0.2, 0.25) is 35.4 Å². The molecule has 0 saturated carbocycles. The molecule has 0 aromatic heterocycles. The first-order valence-electron chi connectivity index (χ1n) is 44.4. The van der Waals surface area contributed by atoms with E-state index in [1.807, 2.05) is 0 Å². The Labute approximate surface area is 773 Å². The van der Waals surface area contributed by atoms with Crippen molar-refractivity contribution in [2.45, 2.75) is 198 Å². The summed E-state index contributed by atoms with van der Waals surface area (Å²) < 4.78 is 49.8. The van der Waals surface area contributed by atoms with Crippen molar-refractivity contribution in [3.05, 3.63) is 281 Å². The summed E-state index contributed by atoms with van der Waals surface area (Å²) in [5.41, 5.74) is 4.80. The summed E-state index contributed by atoms with van der Waals surface area (Å²) in [5, 5.41) is 26.1. The van der Waals surface area contributed by atoms with Gasteiger partial charge in [0.15, 0.2) is 11.6 Å². The maximum atomic E-state index is 15.7. The minimum absolute atomic E-state index is 0.0104. The van der Waals surface area contributed by atoms with Crippen LogP contribution in [-0.4, -0.2) is 170 Å². The average Bonchev–Trinajstić information content (AvgIpc) is 0.846. The van der Waals surface area contributed by atoms with Gasteiger partial charge < -0.3 is 84.4 Å². The molecule has 8 atom stereocenters. The third-order valence-electron chi connectivity index (χ3n) is 21.2. The number of phenols is 1. The maximum absolute atomic E-state index is 15.7. The zero-order valence-corrected chi connectivity index (χ0v) is 74.9. The number of carbonyl (C=O) groups is 15. The molecule has 31 nitrogen and oxygen atoms in total. The number of benzene rings is 8. The number of Topliss-reactive ketones (excluding diaryl/α,β-unsaturated/α-hetero) is 3. The van der Waals surface area contributed by atoms with Crippen molar-refractivity contribution in [1.29, 1.82) is 0 Å². The van der Waals surface area contributed by atoms with Gasteiger partial charge in [0.25, 0.3) is 0 Å². The minimum atomic E-state index is -1.94. The van der Waals surface area contributed by atoms with Crippen molar-refractivity contribution in [1.82, 2.24) is 31.9 Å². The molecule has 0 aliphatic carbocycles. The second kappa shape index (κ2) is 59.4. The number of nitrogens with one attached hydrogen (secondary N) is 6. The maximum Gasteiger partial charge on any atom is 0.306 e.